The third kappa shape index (κ3) is 1.69. The second-order valence-corrected chi connectivity index (χ2v) is 3.66. The van der Waals surface area contributed by atoms with Gasteiger partial charge in [-0.15, -0.1) is 0 Å². The predicted molar refractivity (Wildman–Crippen MR) is 50.1 cm³/mol. The summed E-state index contributed by atoms with van der Waals surface area (Å²) < 4.78 is 0. The number of hydrogen-bond donors (Lipinski definition) is 1. The molecule has 0 aromatic heterocycles. The summed E-state index contributed by atoms with van der Waals surface area (Å²) in [4.78, 5) is 11.7. The van der Waals surface area contributed by atoms with E-state index in [9.17, 15) is 4.79 Å². The Morgan fingerprint density at radius 2 is 1.92 bits per heavy atom. The maximum absolute atomic E-state index is 11.7. The highest BCUT2D eigenvalue weighted by molar-refractivity contribution is 5.84. The fourth-order valence-corrected chi connectivity index (χ4v) is 2.11. The van der Waals surface area contributed by atoms with Gasteiger partial charge < -0.3 is 5.32 Å². The lowest BCUT2D eigenvalue weighted by Crippen LogP contribution is -2.41. The Hall–Kier alpha value is -0.370. The first kappa shape index (κ1) is 9.72. The van der Waals surface area contributed by atoms with Crippen LogP contribution in [0.5, 0.6) is 0 Å². The monoisotopic (exact) mass is 169 g/mol. The first-order chi connectivity index (χ1) is 5.75. The molecular formula is C10H19NO. The molecule has 1 saturated heterocycles. The lowest BCUT2D eigenvalue weighted by Gasteiger charge is -2.35. The van der Waals surface area contributed by atoms with Crippen LogP contribution in [0.15, 0.2) is 0 Å². The normalized spacial score (nSPS) is 22.2. The topological polar surface area (TPSA) is 29.1 Å². The minimum atomic E-state index is 0.0278. The van der Waals surface area contributed by atoms with Crippen LogP contribution < -0.4 is 5.32 Å². The Bertz CT molecular complexity index is 159. The van der Waals surface area contributed by atoms with Crippen molar-refractivity contribution in [1.82, 2.24) is 5.32 Å². The fraction of sp³-hybridized carbons (Fsp3) is 0.900. The van der Waals surface area contributed by atoms with Crippen molar-refractivity contribution in [3.8, 4) is 0 Å². The van der Waals surface area contributed by atoms with E-state index in [1.54, 1.807) is 0 Å². The van der Waals surface area contributed by atoms with Gasteiger partial charge in [0.25, 0.3) is 0 Å². The summed E-state index contributed by atoms with van der Waals surface area (Å²) in [7, 11) is 0. The Balaban J connectivity index is 2.66. The van der Waals surface area contributed by atoms with Crippen LogP contribution in [0.2, 0.25) is 0 Å². The molecule has 1 fully saturated rings. The number of Topliss-reactive ketones (excluding diaryl/α,β-unsaturated/α-hetero) is 1. The van der Waals surface area contributed by atoms with E-state index in [1.807, 2.05) is 6.92 Å². The maximum atomic E-state index is 11.7. The summed E-state index contributed by atoms with van der Waals surface area (Å²) in [5.41, 5.74) is 0.0278. The van der Waals surface area contributed by atoms with Crippen molar-refractivity contribution in [2.45, 2.75) is 39.5 Å². The van der Waals surface area contributed by atoms with Gasteiger partial charge in [0, 0.05) is 11.8 Å². The Morgan fingerprint density at radius 1 is 1.33 bits per heavy atom. The number of ketones is 1. The summed E-state index contributed by atoms with van der Waals surface area (Å²) in [6.45, 7) is 6.14. The molecule has 0 radical (unpaired) electrons. The average Bonchev–Trinajstić information content (AvgIpc) is 2.17. The smallest absolute Gasteiger partial charge is 0.138 e. The first-order valence-electron chi connectivity index (χ1n) is 4.99. The summed E-state index contributed by atoms with van der Waals surface area (Å²) in [5.74, 6) is 0.464. The third-order valence-electron chi connectivity index (χ3n) is 3.15. The maximum Gasteiger partial charge on any atom is 0.138 e. The second-order valence-electron chi connectivity index (χ2n) is 3.66. The van der Waals surface area contributed by atoms with Crippen LogP contribution in [0.1, 0.15) is 39.5 Å². The Morgan fingerprint density at radius 3 is 2.33 bits per heavy atom. The highest BCUT2D eigenvalue weighted by Gasteiger charge is 2.35. The number of carbonyl (C=O) groups excluding carboxylic acids is 1. The quantitative estimate of drug-likeness (QED) is 0.697. The van der Waals surface area contributed by atoms with E-state index < -0.39 is 0 Å². The molecule has 70 valence electrons. The molecule has 1 rings (SSSR count). The number of nitrogens with one attached hydrogen (secondary N) is 1. The van der Waals surface area contributed by atoms with E-state index in [-0.39, 0.29) is 5.41 Å². The van der Waals surface area contributed by atoms with Crippen molar-refractivity contribution < 1.29 is 4.79 Å². The molecule has 0 saturated carbocycles. The summed E-state index contributed by atoms with van der Waals surface area (Å²) in [5, 5.41) is 3.30. The minimum Gasteiger partial charge on any atom is -0.317 e. The minimum absolute atomic E-state index is 0.0278. The Kier molecular flexibility index (Phi) is 3.27. The molecule has 0 spiro atoms. The van der Waals surface area contributed by atoms with Gasteiger partial charge in [-0.3, -0.25) is 4.79 Å². The van der Waals surface area contributed by atoms with Gasteiger partial charge in [0.15, 0.2) is 0 Å². The van der Waals surface area contributed by atoms with Crippen LogP contribution in [0.4, 0.5) is 0 Å². The van der Waals surface area contributed by atoms with Gasteiger partial charge in [0.05, 0.1) is 0 Å². The van der Waals surface area contributed by atoms with Crippen LogP contribution in [-0.4, -0.2) is 18.9 Å². The van der Waals surface area contributed by atoms with Gasteiger partial charge in [-0.05, 0) is 32.4 Å². The van der Waals surface area contributed by atoms with Crippen molar-refractivity contribution in [2.24, 2.45) is 5.41 Å². The summed E-state index contributed by atoms with van der Waals surface area (Å²) in [6.07, 6.45) is 3.79. The number of carbonyl (C=O) groups is 1. The van der Waals surface area contributed by atoms with Gasteiger partial charge >= 0.3 is 0 Å². The number of piperidine rings is 1. The van der Waals surface area contributed by atoms with Gasteiger partial charge in [-0.1, -0.05) is 13.8 Å². The van der Waals surface area contributed by atoms with Crippen LogP contribution in [0.3, 0.4) is 0 Å². The molecule has 0 amide bonds. The SMILES string of the molecule is CCC(=O)C1(CC)CCNCC1. The van der Waals surface area contributed by atoms with E-state index in [0.717, 1.165) is 32.4 Å². The average molecular weight is 169 g/mol. The van der Waals surface area contributed by atoms with Crippen LogP contribution in [-0.2, 0) is 4.79 Å². The molecule has 0 bridgehead atoms. The second kappa shape index (κ2) is 4.04. The van der Waals surface area contributed by atoms with E-state index >= 15 is 0 Å². The number of rotatable bonds is 3. The highest BCUT2D eigenvalue weighted by Crippen LogP contribution is 2.34. The van der Waals surface area contributed by atoms with Gasteiger partial charge in [-0.2, -0.15) is 0 Å². The van der Waals surface area contributed by atoms with Crippen molar-refractivity contribution >= 4 is 5.78 Å². The van der Waals surface area contributed by atoms with Crippen LogP contribution in [0.25, 0.3) is 0 Å². The molecule has 2 nitrogen and oxygen atoms in total. The molecule has 0 aromatic carbocycles. The standard InChI is InChI=1S/C10H19NO/c1-3-9(12)10(4-2)5-7-11-8-6-10/h11H,3-8H2,1-2H3. The van der Waals surface area contributed by atoms with Crippen molar-refractivity contribution in [3.63, 3.8) is 0 Å². The molecule has 12 heavy (non-hydrogen) atoms. The van der Waals surface area contributed by atoms with Crippen molar-refractivity contribution in [3.05, 3.63) is 0 Å². The zero-order chi connectivity index (χ0) is 9.03. The van der Waals surface area contributed by atoms with Crippen molar-refractivity contribution in [2.75, 3.05) is 13.1 Å². The molecule has 1 aliphatic rings. The molecule has 1 heterocycles. The predicted octanol–water partition coefficient (Wildman–Crippen LogP) is 1.75. The first-order valence-corrected chi connectivity index (χ1v) is 4.99. The summed E-state index contributed by atoms with van der Waals surface area (Å²) >= 11 is 0. The van der Waals surface area contributed by atoms with Gasteiger partial charge in [0.1, 0.15) is 5.78 Å². The zero-order valence-electron chi connectivity index (χ0n) is 8.15. The van der Waals surface area contributed by atoms with Crippen LogP contribution in [0, 0.1) is 5.41 Å². The molecule has 1 aliphatic heterocycles. The largest absolute Gasteiger partial charge is 0.317 e. The van der Waals surface area contributed by atoms with E-state index in [1.165, 1.54) is 0 Å². The van der Waals surface area contributed by atoms with Gasteiger partial charge in [-0.25, -0.2) is 0 Å². The van der Waals surface area contributed by atoms with E-state index in [2.05, 4.69) is 12.2 Å². The highest BCUT2D eigenvalue weighted by atomic mass is 16.1. The third-order valence-corrected chi connectivity index (χ3v) is 3.15. The molecule has 2 heteroatoms. The fourth-order valence-electron chi connectivity index (χ4n) is 2.11. The molecule has 0 aromatic rings. The van der Waals surface area contributed by atoms with E-state index in [0.29, 0.717) is 12.2 Å². The van der Waals surface area contributed by atoms with Gasteiger partial charge in [0.2, 0.25) is 0 Å². The van der Waals surface area contributed by atoms with E-state index in [4.69, 9.17) is 0 Å². The Labute approximate surface area is 74.7 Å². The lowest BCUT2D eigenvalue weighted by molar-refractivity contribution is -0.130. The lowest BCUT2D eigenvalue weighted by atomic mass is 9.72. The molecular weight excluding hydrogens is 150 g/mol. The number of hydrogen-bond acceptors (Lipinski definition) is 2. The molecule has 0 atom stereocenters. The van der Waals surface area contributed by atoms with Crippen LogP contribution >= 0.6 is 0 Å². The van der Waals surface area contributed by atoms with Crippen molar-refractivity contribution in [1.29, 1.82) is 0 Å². The molecule has 1 N–H and O–H groups in total. The summed E-state index contributed by atoms with van der Waals surface area (Å²) in [6, 6.07) is 0. The molecule has 0 unspecified atom stereocenters. The molecule has 0 aliphatic carbocycles. The zero-order valence-corrected chi connectivity index (χ0v) is 8.15.